The van der Waals surface area contributed by atoms with Gasteiger partial charge in [0.1, 0.15) is 0 Å². The number of hydrogen-bond acceptors (Lipinski definition) is 2. The SMILES string of the molecule is CC(C)CC(CNO)C(C)C. The first-order valence-corrected chi connectivity index (χ1v) is 4.44. The maximum Gasteiger partial charge on any atom is 0.0238 e. The first-order valence-electron chi connectivity index (χ1n) is 4.44. The summed E-state index contributed by atoms with van der Waals surface area (Å²) in [6.07, 6.45) is 1.19. The van der Waals surface area contributed by atoms with Gasteiger partial charge < -0.3 is 5.21 Å². The van der Waals surface area contributed by atoms with Gasteiger partial charge in [-0.1, -0.05) is 27.7 Å². The summed E-state index contributed by atoms with van der Waals surface area (Å²) in [5.41, 5.74) is 2.25. The second-order valence-electron chi connectivity index (χ2n) is 4.00. The number of hydroxylamine groups is 1. The molecular weight excluding hydrogens is 138 g/mol. The van der Waals surface area contributed by atoms with Crippen molar-refractivity contribution in [2.45, 2.75) is 34.1 Å². The van der Waals surface area contributed by atoms with E-state index < -0.39 is 0 Å². The third-order valence-corrected chi connectivity index (χ3v) is 2.07. The zero-order valence-corrected chi connectivity index (χ0v) is 8.09. The van der Waals surface area contributed by atoms with Crippen molar-refractivity contribution in [2.75, 3.05) is 6.54 Å². The highest BCUT2D eigenvalue weighted by Gasteiger charge is 2.13. The highest BCUT2D eigenvalue weighted by molar-refractivity contribution is 4.65. The monoisotopic (exact) mass is 159 g/mol. The van der Waals surface area contributed by atoms with Gasteiger partial charge in [-0.3, -0.25) is 0 Å². The highest BCUT2D eigenvalue weighted by Crippen LogP contribution is 2.18. The summed E-state index contributed by atoms with van der Waals surface area (Å²) in [7, 11) is 0. The topological polar surface area (TPSA) is 32.3 Å². The van der Waals surface area contributed by atoms with Crippen LogP contribution in [-0.2, 0) is 0 Å². The molecule has 0 radical (unpaired) electrons. The van der Waals surface area contributed by atoms with Gasteiger partial charge in [-0.25, -0.2) is 5.48 Å². The van der Waals surface area contributed by atoms with Gasteiger partial charge in [0, 0.05) is 6.54 Å². The van der Waals surface area contributed by atoms with Crippen LogP contribution in [0.2, 0.25) is 0 Å². The van der Waals surface area contributed by atoms with E-state index in [1.54, 1.807) is 0 Å². The highest BCUT2D eigenvalue weighted by atomic mass is 16.5. The Balaban J connectivity index is 3.69. The molecular formula is C9H21NO. The molecule has 0 bridgehead atoms. The average Bonchev–Trinajstić information content (AvgIpc) is 1.86. The molecule has 0 aromatic heterocycles. The van der Waals surface area contributed by atoms with E-state index in [-0.39, 0.29) is 0 Å². The van der Waals surface area contributed by atoms with E-state index in [4.69, 9.17) is 5.21 Å². The van der Waals surface area contributed by atoms with Crippen LogP contribution in [0.3, 0.4) is 0 Å². The summed E-state index contributed by atoms with van der Waals surface area (Å²) in [5, 5.41) is 8.55. The summed E-state index contributed by atoms with van der Waals surface area (Å²) in [4.78, 5) is 0. The lowest BCUT2D eigenvalue weighted by atomic mass is 9.88. The summed E-state index contributed by atoms with van der Waals surface area (Å²) in [6.45, 7) is 9.55. The number of nitrogens with one attached hydrogen (secondary N) is 1. The molecule has 0 saturated carbocycles. The Morgan fingerprint density at radius 1 is 1.18 bits per heavy atom. The minimum absolute atomic E-state index is 0.597. The largest absolute Gasteiger partial charge is 0.317 e. The van der Waals surface area contributed by atoms with Gasteiger partial charge in [-0.05, 0) is 24.2 Å². The van der Waals surface area contributed by atoms with Crippen molar-refractivity contribution in [3.8, 4) is 0 Å². The maximum absolute atomic E-state index is 8.55. The Kier molecular flexibility index (Phi) is 5.51. The zero-order valence-electron chi connectivity index (χ0n) is 8.09. The van der Waals surface area contributed by atoms with Crippen LogP contribution in [0.15, 0.2) is 0 Å². The van der Waals surface area contributed by atoms with Gasteiger partial charge in [-0.15, -0.1) is 0 Å². The fourth-order valence-electron chi connectivity index (χ4n) is 1.31. The van der Waals surface area contributed by atoms with E-state index in [0.717, 1.165) is 12.5 Å². The van der Waals surface area contributed by atoms with Gasteiger partial charge in [0.2, 0.25) is 0 Å². The summed E-state index contributed by atoms with van der Waals surface area (Å²) in [5.74, 6) is 1.97. The van der Waals surface area contributed by atoms with Crippen LogP contribution >= 0.6 is 0 Å². The lowest BCUT2D eigenvalue weighted by Crippen LogP contribution is -2.24. The Bertz CT molecular complexity index is 91.6. The molecule has 0 aliphatic rings. The fourth-order valence-corrected chi connectivity index (χ4v) is 1.31. The van der Waals surface area contributed by atoms with Crippen molar-refractivity contribution in [3.05, 3.63) is 0 Å². The lowest BCUT2D eigenvalue weighted by molar-refractivity contribution is 0.129. The molecule has 68 valence electrons. The second-order valence-corrected chi connectivity index (χ2v) is 4.00. The summed E-state index contributed by atoms with van der Waals surface area (Å²) < 4.78 is 0. The summed E-state index contributed by atoms with van der Waals surface area (Å²) in [6, 6.07) is 0. The lowest BCUT2D eigenvalue weighted by Gasteiger charge is -2.21. The van der Waals surface area contributed by atoms with Gasteiger partial charge in [0.15, 0.2) is 0 Å². The average molecular weight is 159 g/mol. The number of rotatable bonds is 5. The van der Waals surface area contributed by atoms with Crippen molar-refractivity contribution in [1.29, 1.82) is 0 Å². The first-order chi connectivity index (χ1) is 5.07. The molecule has 2 N–H and O–H groups in total. The van der Waals surface area contributed by atoms with E-state index in [9.17, 15) is 0 Å². The molecule has 0 aromatic rings. The van der Waals surface area contributed by atoms with E-state index in [1.807, 2.05) is 0 Å². The van der Waals surface area contributed by atoms with Gasteiger partial charge in [0.25, 0.3) is 0 Å². The maximum atomic E-state index is 8.55. The van der Waals surface area contributed by atoms with Crippen LogP contribution in [-0.4, -0.2) is 11.8 Å². The van der Waals surface area contributed by atoms with E-state index in [0.29, 0.717) is 11.8 Å². The molecule has 11 heavy (non-hydrogen) atoms. The first kappa shape index (κ1) is 10.9. The third kappa shape index (κ3) is 5.22. The number of hydrogen-bond donors (Lipinski definition) is 2. The molecule has 0 aliphatic carbocycles. The van der Waals surface area contributed by atoms with Crippen LogP contribution in [0.1, 0.15) is 34.1 Å². The van der Waals surface area contributed by atoms with E-state index >= 15 is 0 Å². The van der Waals surface area contributed by atoms with Crippen LogP contribution in [0.25, 0.3) is 0 Å². The Hall–Kier alpha value is -0.0800. The molecule has 0 heterocycles. The molecule has 0 spiro atoms. The third-order valence-electron chi connectivity index (χ3n) is 2.07. The van der Waals surface area contributed by atoms with Crippen LogP contribution in [0.5, 0.6) is 0 Å². The van der Waals surface area contributed by atoms with Crippen molar-refractivity contribution in [3.63, 3.8) is 0 Å². The summed E-state index contributed by atoms with van der Waals surface area (Å²) >= 11 is 0. The Labute approximate surface area is 70.0 Å². The second kappa shape index (κ2) is 5.56. The Morgan fingerprint density at radius 2 is 1.73 bits per heavy atom. The molecule has 1 atom stereocenters. The molecule has 0 aromatic carbocycles. The minimum Gasteiger partial charge on any atom is -0.317 e. The Morgan fingerprint density at radius 3 is 2.00 bits per heavy atom. The fraction of sp³-hybridized carbons (Fsp3) is 1.00. The smallest absolute Gasteiger partial charge is 0.0238 e. The van der Waals surface area contributed by atoms with Crippen LogP contribution < -0.4 is 5.48 Å². The van der Waals surface area contributed by atoms with Crippen molar-refractivity contribution in [2.24, 2.45) is 17.8 Å². The van der Waals surface area contributed by atoms with E-state index in [2.05, 4.69) is 33.2 Å². The zero-order chi connectivity index (χ0) is 8.85. The van der Waals surface area contributed by atoms with E-state index in [1.165, 1.54) is 6.42 Å². The van der Waals surface area contributed by atoms with Gasteiger partial charge in [-0.2, -0.15) is 0 Å². The molecule has 2 nitrogen and oxygen atoms in total. The standard InChI is InChI=1S/C9H21NO/c1-7(2)5-9(6-10-11)8(3)4/h7-11H,5-6H2,1-4H3. The quantitative estimate of drug-likeness (QED) is 0.603. The molecule has 2 heteroatoms. The van der Waals surface area contributed by atoms with Crippen molar-refractivity contribution >= 4 is 0 Å². The normalized spacial score (nSPS) is 14.5. The molecule has 0 aliphatic heterocycles. The van der Waals surface area contributed by atoms with Gasteiger partial charge >= 0.3 is 0 Å². The van der Waals surface area contributed by atoms with Crippen molar-refractivity contribution in [1.82, 2.24) is 5.48 Å². The van der Waals surface area contributed by atoms with Crippen molar-refractivity contribution < 1.29 is 5.21 Å². The molecule has 1 unspecified atom stereocenters. The molecule has 0 saturated heterocycles. The predicted molar refractivity (Wildman–Crippen MR) is 47.6 cm³/mol. The molecule has 0 fully saturated rings. The van der Waals surface area contributed by atoms with Crippen LogP contribution in [0.4, 0.5) is 0 Å². The van der Waals surface area contributed by atoms with Gasteiger partial charge in [0.05, 0.1) is 0 Å². The minimum atomic E-state index is 0.597. The van der Waals surface area contributed by atoms with Crippen LogP contribution in [0, 0.1) is 17.8 Å². The predicted octanol–water partition coefficient (Wildman–Crippen LogP) is 2.28. The molecule has 0 rings (SSSR count). The molecule has 0 amide bonds.